The molecule has 23 heavy (non-hydrogen) atoms. The predicted molar refractivity (Wildman–Crippen MR) is 86.6 cm³/mol. The fraction of sp³-hybridized carbons (Fsp3) is 0.438. The normalized spacial score (nSPS) is 19.1. The SMILES string of the molecule is COc1ccc(N(C(=O)CC2C=CS(=O)(=O)C2)C(C)C)cc1F. The Labute approximate surface area is 135 Å². The van der Waals surface area contributed by atoms with Crippen LogP contribution in [0.5, 0.6) is 5.75 Å². The van der Waals surface area contributed by atoms with E-state index in [1.807, 2.05) is 13.8 Å². The highest BCUT2D eigenvalue weighted by Crippen LogP contribution is 2.27. The fourth-order valence-electron chi connectivity index (χ4n) is 2.63. The highest BCUT2D eigenvalue weighted by molar-refractivity contribution is 7.94. The van der Waals surface area contributed by atoms with Crippen LogP contribution in [0.3, 0.4) is 0 Å². The third-order valence-electron chi connectivity index (χ3n) is 3.64. The van der Waals surface area contributed by atoms with Crippen molar-refractivity contribution in [3.05, 3.63) is 35.5 Å². The van der Waals surface area contributed by atoms with Crippen molar-refractivity contribution in [2.45, 2.75) is 26.3 Å². The van der Waals surface area contributed by atoms with Crippen LogP contribution in [0, 0.1) is 11.7 Å². The first-order chi connectivity index (χ1) is 10.7. The first-order valence-corrected chi connectivity index (χ1v) is 9.01. The Hall–Kier alpha value is -1.89. The first-order valence-electron chi connectivity index (χ1n) is 7.30. The molecule has 0 aliphatic carbocycles. The van der Waals surface area contributed by atoms with Gasteiger partial charge in [-0.05, 0) is 26.0 Å². The van der Waals surface area contributed by atoms with Gasteiger partial charge in [0.2, 0.25) is 5.91 Å². The van der Waals surface area contributed by atoms with Gasteiger partial charge >= 0.3 is 0 Å². The topological polar surface area (TPSA) is 63.7 Å². The minimum atomic E-state index is -3.20. The minimum Gasteiger partial charge on any atom is -0.494 e. The summed E-state index contributed by atoms with van der Waals surface area (Å²) in [5.41, 5.74) is 0.424. The van der Waals surface area contributed by atoms with E-state index in [0.29, 0.717) is 5.69 Å². The molecule has 0 saturated heterocycles. The van der Waals surface area contributed by atoms with E-state index in [0.717, 1.165) is 5.41 Å². The number of sulfone groups is 1. The van der Waals surface area contributed by atoms with E-state index >= 15 is 0 Å². The molecule has 0 fully saturated rings. The number of amides is 1. The Kier molecular flexibility index (Phi) is 5.09. The number of ether oxygens (including phenoxy) is 1. The summed E-state index contributed by atoms with van der Waals surface area (Å²) >= 11 is 0. The lowest BCUT2D eigenvalue weighted by Gasteiger charge is -2.28. The molecule has 126 valence electrons. The van der Waals surface area contributed by atoms with Gasteiger partial charge in [0.25, 0.3) is 0 Å². The van der Waals surface area contributed by atoms with Crippen molar-refractivity contribution in [1.82, 2.24) is 0 Å². The van der Waals surface area contributed by atoms with Crippen LogP contribution in [0.1, 0.15) is 20.3 Å². The zero-order chi connectivity index (χ0) is 17.2. The second-order valence-electron chi connectivity index (χ2n) is 5.80. The van der Waals surface area contributed by atoms with E-state index in [4.69, 9.17) is 4.74 Å². The standard InChI is InChI=1S/C16H20FNO4S/c1-11(2)18(13-4-5-15(22-3)14(17)9-13)16(19)8-12-6-7-23(20,21)10-12/h4-7,9,11-12H,8,10H2,1-3H3. The molecule has 0 N–H and O–H groups in total. The molecule has 0 radical (unpaired) electrons. The Bertz CT molecular complexity index is 728. The largest absolute Gasteiger partial charge is 0.494 e. The Morgan fingerprint density at radius 1 is 1.43 bits per heavy atom. The summed E-state index contributed by atoms with van der Waals surface area (Å²) in [4.78, 5) is 14.0. The second kappa shape index (κ2) is 6.70. The van der Waals surface area contributed by atoms with Gasteiger partial charge in [-0.15, -0.1) is 0 Å². The van der Waals surface area contributed by atoms with Crippen LogP contribution in [0.4, 0.5) is 10.1 Å². The molecule has 2 rings (SSSR count). The zero-order valence-corrected chi connectivity index (χ0v) is 14.1. The summed E-state index contributed by atoms with van der Waals surface area (Å²) in [6.07, 6.45) is 1.61. The van der Waals surface area contributed by atoms with Gasteiger partial charge < -0.3 is 9.64 Å². The van der Waals surface area contributed by atoms with Crippen molar-refractivity contribution in [1.29, 1.82) is 0 Å². The van der Waals surface area contributed by atoms with E-state index in [9.17, 15) is 17.6 Å². The van der Waals surface area contributed by atoms with Crippen LogP contribution in [0.25, 0.3) is 0 Å². The number of carbonyl (C=O) groups is 1. The molecule has 1 heterocycles. The number of methoxy groups -OCH3 is 1. The van der Waals surface area contributed by atoms with Gasteiger partial charge in [0.1, 0.15) is 0 Å². The van der Waals surface area contributed by atoms with E-state index in [-0.39, 0.29) is 35.8 Å². The summed E-state index contributed by atoms with van der Waals surface area (Å²) in [6.45, 7) is 3.64. The van der Waals surface area contributed by atoms with Gasteiger partial charge in [-0.3, -0.25) is 4.79 Å². The molecular weight excluding hydrogens is 321 g/mol. The fourth-order valence-corrected chi connectivity index (χ4v) is 4.02. The molecule has 0 bridgehead atoms. The lowest BCUT2D eigenvalue weighted by molar-refractivity contribution is -0.119. The lowest BCUT2D eigenvalue weighted by Crippen LogP contribution is -2.38. The zero-order valence-electron chi connectivity index (χ0n) is 13.3. The number of benzene rings is 1. The van der Waals surface area contributed by atoms with Gasteiger partial charge in [0.05, 0.1) is 12.9 Å². The van der Waals surface area contributed by atoms with Crippen LogP contribution >= 0.6 is 0 Å². The number of hydrogen-bond donors (Lipinski definition) is 0. The van der Waals surface area contributed by atoms with Gasteiger partial charge in [0, 0.05) is 35.5 Å². The smallest absolute Gasteiger partial charge is 0.227 e. The number of hydrogen-bond acceptors (Lipinski definition) is 4. The number of nitrogens with zero attached hydrogens (tertiary/aromatic N) is 1. The molecule has 7 heteroatoms. The van der Waals surface area contributed by atoms with Crippen LogP contribution in [-0.4, -0.2) is 33.2 Å². The maximum absolute atomic E-state index is 13.9. The summed E-state index contributed by atoms with van der Waals surface area (Å²) in [7, 11) is -1.82. The van der Waals surface area contributed by atoms with Crippen molar-refractivity contribution in [2.75, 3.05) is 17.8 Å². The van der Waals surface area contributed by atoms with E-state index in [1.54, 1.807) is 12.1 Å². The molecule has 1 aliphatic heterocycles. The molecule has 0 aromatic heterocycles. The molecule has 1 aromatic rings. The van der Waals surface area contributed by atoms with Crippen molar-refractivity contribution in [3.8, 4) is 5.75 Å². The Balaban J connectivity index is 2.20. The third kappa shape index (κ3) is 4.10. The molecule has 0 spiro atoms. The first kappa shape index (κ1) is 17.5. The molecule has 1 atom stereocenters. The number of carbonyl (C=O) groups excluding carboxylic acids is 1. The number of allylic oxidation sites excluding steroid dienone is 1. The number of rotatable bonds is 5. The monoisotopic (exact) mass is 341 g/mol. The highest BCUT2D eigenvalue weighted by Gasteiger charge is 2.28. The molecule has 1 amide bonds. The van der Waals surface area contributed by atoms with Gasteiger partial charge in [-0.2, -0.15) is 0 Å². The highest BCUT2D eigenvalue weighted by atomic mass is 32.2. The van der Waals surface area contributed by atoms with E-state index < -0.39 is 15.7 Å². The summed E-state index contributed by atoms with van der Waals surface area (Å²) in [6, 6.07) is 4.14. The van der Waals surface area contributed by atoms with Crippen LogP contribution in [0.15, 0.2) is 29.7 Å². The predicted octanol–water partition coefficient (Wildman–Crippen LogP) is 2.52. The lowest BCUT2D eigenvalue weighted by atomic mass is 10.1. The van der Waals surface area contributed by atoms with Crippen LogP contribution in [-0.2, 0) is 14.6 Å². The van der Waals surface area contributed by atoms with E-state index in [1.165, 1.54) is 24.1 Å². The van der Waals surface area contributed by atoms with Gasteiger partial charge in [-0.1, -0.05) is 6.08 Å². The number of halogens is 1. The molecule has 1 aromatic carbocycles. The van der Waals surface area contributed by atoms with Crippen molar-refractivity contribution in [2.24, 2.45) is 5.92 Å². The quantitative estimate of drug-likeness (QED) is 0.825. The third-order valence-corrected chi connectivity index (χ3v) is 5.10. The molecule has 1 unspecified atom stereocenters. The van der Waals surface area contributed by atoms with Gasteiger partial charge in [0.15, 0.2) is 21.4 Å². The maximum atomic E-state index is 13.9. The van der Waals surface area contributed by atoms with Crippen molar-refractivity contribution in [3.63, 3.8) is 0 Å². The maximum Gasteiger partial charge on any atom is 0.227 e. The van der Waals surface area contributed by atoms with Crippen molar-refractivity contribution >= 4 is 21.4 Å². The molecule has 5 nitrogen and oxygen atoms in total. The molecule has 0 saturated carbocycles. The molecule has 1 aliphatic rings. The average Bonchev–Trinajstić information content (AvgIpc) is 2.77. The summed E-state index contributed by atoms with van der Waals surface area (Å²) < 4.78 is 41.6. The minimum absolute atomic E-state index is 0.0539. The van der Waals surface area contributed by atoms with Crippen LogP contribution in [0.2, 0.25) is 0 Å². The molecular formula is C16H20FNO4S. The van der Waals surface area contributed by atoms with E-state index in [2.05, 4.69) is 0 Å². The summed E-state index contributed by atoms with van der Waals surface area (Å²) in [5.74, 6) is -1.07. The van der Waals surface area contributed by atoms with Crippen LogP contribution < -0.4 is 9.64 Å². The van der Waals surface area contributed by atoms with Crippen molar-refractivity contribution < 1.29 is 22.3 Å². The second-order valence-corrected chi connectivity index (χ2v) is 7.73. The van der Waals surface area contributed by atoms with Gasteiger partial charge in [-0.25, -0.2) is 12.8 Å². The Morgan fingerprint density at radius 2 is 2.13 bits per heavy atom. The average molecular weight is 341 g/mol. The summed E-state index contributed by atoms with van der Waals surface area (Å²) in [5, 5.41) is 1.15. The Morgan fingerprint density at radius 3 is 2.61 bits per heavy atom. The number of anilines is 1.